The van der Waals surface area contributed by atoms with E-state index in [2.05, 4.69) is 45.1 Å². The van der Waals surface area contributed by atoms with Crippen LogP contribution >= 0.6 is 0 Å². The van der Waals surface area contributed by atoms with E-state index in [0.29, 0.717) is 35.3 Å². The van der Waals surface area contributed by atoms with Crippen LogP contribution in [-0.2, 0) is 14.3 Å². The average Bonchev–Trinajstić information content (AvgIpc) is 3.16. The molecule has 4 rings (SSSR count). The highest BCUT2D eigenvalue weighted by Crippen LogP contribution is 2.68. The molecule has 6 heteroatoms. The molecule has 6 nitrogen and oxygen atoms in total. The van der Waals surface area contributed by atoms with Crippen LogP contribution in [0.1, 0.15) is 86.5 Å². The van der Waals surface area contributed by atoms with Crippen molar-refractivity contribution in [1.82, 2.24) is 10.2 Å². The number of esters is 1. The summed E-state index contributed by atoms with van der Waals surface area (Å²) in [5, 5.41) is 14.5. The summed E-state index contributed by atoms with van der Waals surface area (Å²) in [6.45, 7) is 12.3. The van der Waals surface area contributed by atoms with Gasteiger partial charge in [-0.2, -0.15) is 0 Å². The lowest BCUT2D eigenvalue weighted by Gasteiger charge is -2.63. The van der Waals surface area contributed by atoms with Gasteiger partial charge in [-0.05, 0) is 114 Å². The van der Waals surface area contributed by atoms with Crippen molar-refractivity contribution >= 4 is 11.9 Å². The highest BCUT2D eigenvalue weighted by Gasteiger charge is 2.64. The maximum absolute atomic E-state index is 12.7. The van der Waals surface area contributed by atoms with Crippen molar-refractivity contribution in [3.05, 3.63) is 11.6 Å². The molecule has 0 radical (unpaired) electrons. The van der Waals surface area contributed by atoms with Crippen LogP contribution < -0.4 is 5.32 Å². The maximum Gasteiger partial charge on any atom is 0.302 e. The lowest BCUT2D eigenvalue weighted by molar-refractivity contribution is -0.197. The molecule has 4 aliphatic carbocycles. The third-order valence-corrected chi connectivity index (χ3v) is 11.6. The van der Waals surface area contributed by atoms with E-state index >= 15 is 0 Å². The van der Waals surface area contributed by atoms with Crippen molar-refractivity contribution in [2.75, 3.05) is 14.1 Å². The molecule has 0 unspecified atom stereocenters. The van der Waals surface area contributed by atoms with Gasteiger partial charge in [-0.25, -0.2) is 0 Å². The van der Waals surface area contributed by atoms with Crippen molar-refractivity contribution < 1.29 is 19.4 Å². The molecule has 1 amide bonds. The normalized spacial score (nSPS) is 45.3. The average molecular weight is 503 g/mol. The predicted molar refractivity (Wildman–Crippen MR) is 142 cm³/mol. The third kappa shape index (κ3) is 4.44. The summed E-state index contributed by atoms with van der Waals surface area (Å²) in [4.78, 5) is 27.4. The zero-order valence-electron chi connectivity index (χ0n) is 23.8. The van der Waals surface area contributed by atoms with Gasteiger partial charge in [-0.15, -0.1) is 0 Å². The number of nitrogens with one attached hydrogen (secondary N) is 1. The van der Waals surface area contributed by atoms with Gasteiger partial charge in [0.15, 0.2) is 0 Å². The van der Waals surface area contributed by atoms with Crippen molar-refractivity contribution in [3.63, 3.8) is 0 Å². The molecule has 0 bridgehead atoms. The smallest absolute Gasteiger partial charge is 0.302 e. The molecule has 0 aliphatic heterocycles. The number of fused-ring (bicyclic) bond motifs is 5. The summed E-state index contributed by atoms with van der Waals surface area (Å²) < 4.78 is 5.95. The molecule has 204 valence electrons. The number of amides is 1. The number of rotatable bonds is 5. The van der Waals surface area contributed by atoms with E-state index in [9.17, 15) is 14.7 Å². The fourth-order valence-corrected chi connectivity index (χ4v) is 9.49. The molecule has 11 atom stereocenters. The van der Waals surface area contributed by atoms with E-state index < -0.39 is 18.2 Å². The van der Waals surface area contributed by atoms with E-state index in [1.165, 1.54) is 32.6 Å². The van der Waals surface area contributed by atoms with Crippen LogP contribution in [0.15, 0.2) is 11.6 Å². The standard InChI is InChI=1S/C30H50N2O4/c1-9-17(2)28(35)31-26-25(34)16-30(6)23-14-15-29(5)21(18(3)32(7)8)12-13-22(29)20(23)10-11-24(30)27(26)36-19(4)33/h9,18,20-27,34H,10-16H2,1-8H3,(H,31,35)/b17-9+/t18-,20-,21+,22-,23-,24-,25+,26-,27+,29+,30+/m0/s1. The van der Waals surface area contributed by atoms with Gasteiger partial charge in [0.05, 0.1) is 12.1 Å². The summed E-state index contributed by atoms with van der Waals surface area (Å²) in [6, 6.07) is 0.00917. The second kappa shape index (κ2) is 10.1. The maximum atomic E-state index is 12.7. The van der Waals surface area contributed by atoms with Crippen molar-refractivity contribution in [2.24, 2.45) is 40.4 Å². The number of allylic oxidation sites excluding steroid dienone is 1. The number of nitrogens with zero attached hydrogens (tertiary/aromatic N) is 1. The van der Waals surface area contributed by atoms with E-state index in [1.807, 2.05) is 6.92 Å². The van der Waals surface area contributed by atoms with E-state index in [4.69, 9.17) is 4.74 Å². The molecular weight excluding hydrogens is 452 g/mol. The fourth-order valence-electron chi connectivity index (χ4n) is 9.49. The van der Waals surface area contributed by atoms with E-state index in [0.717, 1.165) is 24.7 Å². The minimum absolute atomic E-state index is 0.105. The lowest BCUT2D eigenvalue weighted by atomic mass is 9.43. The summed E-state index contributed by atoms with van der Waals surface area (Å²) in [5.74, 6) is 2.23. The predicted octanol–water partition coefficient (Wildman–Crippen LogP) is 4.56. The SMILES string of the molecule is C/C=C(\C)C(=O)N[C@@H]1[C@H](OC(C)=O)[C@@H]2CC[C@@H]3[C@H](CC[C@]4(C)[C@@H]([C@H](C)N(C)C)CC[C@@H]34)[C@@]2(C)C[C@H]1O. The monoisotopic (exact) mass is 502 g/mol. The van der Waals surface area contributed by atoms with Crippen molar-refractivity contribution in [3.8, 4) is 0 Å². The first-order valence-corrected chi connectivity index (χ1v) is 14.3. The van der Waals surface area contributed by atoms with E-state index in [-0.39, 0.29) is 23.2 Å². The third-order valence-electron chi connectivity index (χ3n) is 11.6. The van der Waals surface area contributed by atoms with Crippen LogP contribution in [-0.4, -0.2) is 60.3 Å². The van der Waals surface area contributed by atoms with Gasteiger partial charge < -0.3 is 20.1 Å². The molecule has 4 saturated carbocycles. The first kappa shape index (κ1) is 27.6. The summed E-state index contributed by atoms with van der Waals surface area (Å²) in [5.41, 5.74) is 0.874. The molecule has 4 aliphatic rings. The number of aliphatic hydroxyl groups excluding tert-OH is 1. The van der Waals surface area contributed by atoms with Crippen LogP contribution in [0.4, 0.5) is 0 Å². The van der Waals surface area contributed by atoms with Gasteiger partial charge in [0.25, 0.3) is 0 Å². The molecule has 4 fully saturated rings. The number of hydrogen-bond acceptors (Lipinski definition) is 5. The van der Waals surface area contributed by atoms with E-state index in [1.54, 1.807) is 13.0 Å². The Kier molecular flexibility index (Phi) is 7.72. The number of carbonyl (C=O) groups is 2. The molecule has 0 spiro atoms. The number of aliphatic hydroxyl groups is 1. The van der Waals surface area contributed by atoms with Gasteiger partial charge in [-0.1, -0.05) is 19.9 Å². The summed E-state index contributed by atoms with van der Waals surface area (Å²) in [7, 11) is 4.43. The fraction of sp³-hybridized carbons (Fsp3) is 0.867. The Balaban J connectivity index is 1.61. The molecule has 0 saturated heterocycles. The Morgan fingerprint density at radius 2 is 1.67 bits per heavy atom. The van der Waals surface area contributed by atoms with Gasteiger partial charge >= 0.3 is 5.97 Å². The molecule has 36 heavy (non-hydrogen) atoms. The zero-order valence-corrected chi connectivity index (χ0v) is 23.8. The molecule has 0 heterocycles. The second-order valence-electron chi connectivity index (χ2n) is 13.3. The van der Waals surface area contributed by atoms with Gasteiger partial charge in [0.1, 0.15) is 6.10 Å². The molecular formula is C30H50N2O4. The highest BCUT2D eigenvalue weighted by molar-refractivity contribution is 5.93. The minimum atomic E-state index is -0.735. The van der Waals surface area contributed by atoms with Gasteiger partial charge in [0, 0.05) is 24.5 Å². The largest absolute Gasteiger partial charge is 0.460 e. The first-order chi connectivity index (χ1) is 16.8. The molecule has 0 aromatic carbocycles. The van der Waals surface area contributed by atoms with Crippen LogP contribution in [0.2, 0.25) is 0 Å². The Morgan fingerprint density at radius 3 is 2.28 bits per heavy atom. The Morgan fingerprint density at radius 1 is 1.03 bits per heavy atom. The van der Waals surface area contributed by atoms with Crippen molar-refractivity contribution in [1.29, 1.82) is 0 Å². The van der Waals surface area contributed by atoms with Crippen LogP contribution in [0, 0.1) is 40.4 Å². The lowest BCUT2D eigenvalue weighted by Crippen LogP contribution is -2.66. The second-order valence-corrected chi connectivity index (χ2v) is 13.3. The Labute approximate surface area is 218 Å². The molecule has 2 N–H and O–H groups in total. The number of carbonyl (C=O) groups excluding carboxylic acids is 2. The summed E-state index contributed by atoms with van der Waals surface area (Å²) in [6.07, 6.45) is 8.34. The summed E-state index contributed by atoms with van der Waals surface area (Å²) >= 11 is 0. The number of hydrogen-bond donors (Lipinski definition) is 2. The molecule has 0 aromatic rings. The minimum Gasteiger partial charge on any atom is -0.460 e. The van der Waals surface area contributed by atoms with Crippen LogP contribution in [0.5, 0.6) is 0 Å². The topological polar surface area (TPSA) is 78.9 Å². The Hall–Kier alpha value is -1.40. The van der Waals surface area contributed by atoms with Crippen LogP contribution in [0.3, 0.4) is 0 Å². The first-order valence-electron chi connectivity index (χ1n) is 14.3. The highest BCUT2D eigenvalue weighted by atomic mass is 16.5. The van der Waals surface area contributed by atoms with Gasteiger partial charge in [0.2, 0.25) is 5.91 Å². The Bertz CT molecular complexity index is 886. The number of ether oxygens (including phenoxy) is 1. The van der Waals surface area contributed by atoms with Gasteiger partial charge in [-0.3, -0.25) is 9.59 Å². The van der Waals surface area contributed by atoms with Crippen molar-refractivity contribution in [2.45, 2.75) is 111 Å². The zero-order chi connectivity index (χ0) is 26.6. The molecule has 0 aromatic heterocycles. The quantitative estimate of drug-likeness (QED) is 0.426. The van der Waals surface area contributed by atoms with Crippen LogP contribution in [0.25, 0.3) is 0 Å².